The molecule has 0 heterocycles. The number of hydrogen-bond acceptors (Lipinski definition) is 2. The smallest absolute Gasteiger partial charge is 0.123 e. The summed E-state index contributed by atoms with van der Waals surface area (Å²) in [6.45, 7) is 6.72. The van der Waals surface area contributed by atoms with E-state index in [1.165, 1.54) is 37.8 Å². The van der Waals surface area contributed by atoms with E-state index in [9.17, 15) is 4.39 Å². The first-order chi connectivity index (χ1) is 9.45. The molecule has 2 rings (SSSR count). The Bertz CT molecular complexity index is 427. The second-order valence-electron chi connectivity index (χ2n) is 6.90. The Balaban J connectivity index is 2.22. The van der Waals surface area contributed by atoms with Gasteiger partial charge in [0, 0.05) is 11.5 Å². The molecule has 0 aromatic heterocycles. The van der Waals surface area contributed by atoms with Gasteiger partial charge in [0.1, 0.15) is 5.82 Å². The van der Waals surface area contributed by atoms with E-state index in [1.807, 2.05) is 12.1 Å². The zero-order chi connectivity index (χ0) is 14.8. The molecule has 3 heteroatoms. The molecular weight excluding hydrogens is 251 g/mol. The Labute approximate surface area is 121 Å². The summed E-state index contributed by atoms with van der Waals surface area (Å²) in [5, 5.41) is 0. The molecule has 20 heavy (non-hydrogen) atoms. The van der Waals surface area contributed by atoms with Crippen molar-refractivity contribution < 1.29 is 4.39 Å². The van der Waals surface area contributed by atoms with Crippen molar-refractivity contribution in [2.75, 3.05) is 0 Å². The number of nitrogens with one attached hydrogen (secondary N) is 1. The Morgan fingerprint density at radius 2 is 1.90 bits per heavy atom. The largest absolute Gasteiger partial charge is 0.271 e. The lowest BCUT2D eigenvalue weighted by molar-refractivity contribution is 0.170. The molecule has 1 saturated carbocycles. The average Bonchev–Trinajstić information content (AvgIpc) is 2.40. The predicted molar refractivity (Wildman–Crippen MR) is 81.7 cm³/mol. The molecule has 0 spiro atoms. The van der Waals surface area contributed by atoms with E-state index in [0.717, 1.165) is 11.5 Å². The third-order valence-electron chi connectivity index (χ3n) is 4.99. The zero-order valence-electron chi connectivity index (χ0n) is 12.8. The van der Waals surface area contributed by atoms with Crippen molar-refractivity contribution in [3.63, 3.8) is 0 Å². The highest BCUT2D eigenvalue weighted by molar-refractivity contribution is 5.27. The molecule has 1 aliphatic rings. The highest BCUT2D eigenvalue weighted by atomic mass is 19.1. The van der Waals surface area contributed by atoms with Crippen LogP contribution in [0.25, 0.3) is 0 Å². The molecule has 0 radical (unpaired) electrons. The van der Waals surface area contributed by atoms with Gasteiger partial charge in [-0.05, 0) is 42.4 Å². The summed E-state index contributed by atoms with van der Waals surface area (Å²) >= 11 is 0. The van der Waals surface area contributed by atoms with Crippen LogP contribution in [-0.2, 0) is 5.41 Å². The lowest BCUT2D eigenvalue weighted by atomic mass is 9.67. The molecule has 1 fully saturated rings. The monoisotopic (exact) mass is 278 g/mol. The first kappa shape index (κ1) is 15.5. The average molecular weight is 278 g/mol. The fourth-order valence-electron chi connectivity index (χ4n) is 3.78. The minimum absolute atomic E-state index is 0.107. The van der Waals surface area contributed by atoms with Gasteiger partial charge in [0.15, 0.2) is 0 Å². The van der Waals surface area contributed by atoms with E-state index in [2.05, 4.69) is 26.2 Å². The molecule has 112 valence electrons. The summed E-state index contributed by atoms with van der Waals surface area (Å²) in [6, 6.07) is 7.05. The van der Waals surface area contributed by atoms with E-state index < -0.39 is 0 Å². The van der Waals surface area contributed by atoms with E-state index in [-0.39, 0.29) is 17.3 Å². The minimum atomic E-state index is -0.187. The molecule has 3 atom stereocenters. The Kier molecular flexibility index (Phi) is 4.82. The third kappa shape index (κ3) is 3.21. The minimum Gasteiger partial charge on any atom is -0.271 e. The standard InChI is InChI=1S/C17H27FN2/c1-12-5-4-6-13(11-12)16(20-19)17(2,3)14-7-9-15(18)10-8-14/h7-10,12-13,16,20H,4-6,11,19H2,1-3H3. The van der Waals surface area contributed by atoms with Crippen LogP contribution < -0.4 is 11.3 Å². The van der Waals surface area contributed by atoms with Crippen LogP contribution in [0, 0.1) is 17.7 Å². The molecule has 1 aromatic carbocycles. The van der Waals surface area contributed by atoms with Gasteiger partial charge in [0.25, 0.3) is 0 Å². The van der Waals surface area contributed by atoms with Crippen LogP contribution in [0.4, 0.5) is 4.39 Å². The maximum absolute atomic E-state index is 13.1. The van der Waals surface area contributed by atoms with Crippen molar-refractivity contribution in [1.29, 1.82) is 0 Å². The Morgan fingerprint density at radius 3 is 2.45 bits per heavy atom. The van der Waals surface area contributed by atoms with Crippen LogP contribution >= 0.6 is 0 Å². The maximum atomic E-state index is 13.1. The zero-order valence-corrected chi connectivity index (χ0v) is 12.8. The van der Waals surface area contributed by atoms with Crippen LogP contribution in [0.2, 0.25) is 0 Å². The highest BCUT2D eigenvalue weighted by Gasteiger charge is 2.37. The summed E-state index contributed by atoms with van der Waals surface area (Å²) in [5.41, 5.74) is 4.08. The summed E-state index contributed by atoms with van der Waals surface area (Å²) < 4.78 is 13.1. The van der Waals surface area contributed by atoms with Gasteiger partial charge in [-0.15, -0.1) is 0 Å². The second kappa shape index (κ2) is 6.23. The van der Waals surface area contributed by atoms with E-state index in [0.29, 0.717) is 5.92 Å². The van der Waals surface area contributed by atoms with Crippen LogP contribution in [-0.4, -0.2) is 6.04 Å². The fourth-order valence-corrected chi connectivity index (χ4v) is 3.78. The second-order valence-corrected chi connectivity index (χ2v) is 6.90. The molecule has 3 unspecified atom stereocenters. The molecule has 1 aliphatic carbocycles. The summed E-state index contributed by atoms with van der Waals surface area (Å²) in [4.78, 5) is 0. The maximum Gasteiger partial charge on any atom is 0.123 e. The fraction of sp³-hybridized carbons (Fsp3) is 0.647. The summed E-state index contributed by atoms with van der Waals surface area (Å²) in [6.07, 6.45) is 5.05. The van der Waals surface area contributed by atoms with Crippen molar-refractivity contribution in [3.05, 3.63) is 35.6 Å². The molecule has 0 amide bonds. The molecule has 1 aromatic rings. The van der Waals surface area contributed by atoms with Crippen LogP contribution in [0.3, 0.4) is 0 Å². The summed E-state index contributed by atoms with van der Waals surface area (Å²) in [5.74, 6) is 7.05. The molecule has 0 saturated heterocycles. The van der Waals surface area contributed by atoms with E-state index in [4.69, 9.17) is 5.84 Å². The van der Waals surface area contributed by atoms with E-state index in [1.54, 1.807) is 0 Å². The van der Waals surface area contributed by atoms with Crippen molar-refractivity contribution in [2.24, 2.45) is 17.7 Å². The predicted octanol–water partition coefficient (Wildman–Crippen LogP) is 3.76. The van der Waals surface area contributed by atoms with Gasteiger partial charge in [-0.1, -0.05) is 45.7 Å². The van der Waals surface area contributed by atoms with Gasteiger partial charge in [0.2, 0.25) is 0 Å². The number of halogens is 1. The first-order valence-corrected chi connectivity index (χ1v) is 7.67. The van der Waals surface area contributed by atoms with Crippen molar-refractivity contribution >= 4 is 0 Å². The molecule has 0 bridgehead atoms. The van der Waals surface area contributed by atoms with Crippen LogP contribution in [0.5, 0.6) is 0 Å². The van der Waals surface area contributed by atoms with Gasteiger partial charge in [-0.2, -0.15) is 0 Å². The number of hydrazine groups is 1. The molecule has 0 aliphatic heterocycles. The quantitative estimate of drug-likeness (QED) is 0.650. The topological polar surface area (TPSA) is 38.0 Å². The first-order valence-electron chi connectivity index (χ1n) is 7.67. The number of hydrogen-bond donors (Lipinski definition) is 2. The van der Waals surface area contributed by atoms with Gasteiger partial charge in [0.05, 0.1) is 0 Å². The normalized spacial score (nSPS) is 25.4. The number of benzene rings is 1. The van der Waals surface area contributed by atoms with Crippen LogP contribution in [0.1, 0.15) is 52.0 Å². The molecule has 3 N–H and O–H groups in total. The van der Waals surface area contributed by atoms with Crippen molar-refractivity contribution in [1.82, 2.24) is 5.43 Å². The van der Waals surface area contributed by atoms with Gasteiger partial charge >= 0.3 is 0 Å². The third-order valence-corrected chi connectivity index (χ3v) is 4.99. The van der Waals surface area contributed by atoms with Gasteiger partial charge < -0.3 is 0 Å². The molecule has 2 nitrogen and oxygen atoms in total. The van der Waals surface area contributed by atoms with Crippen LogP contribution in [0.15, 0.2) is 24.3 Å². The lowest BCUT2D eigenvalue weighted by Crippen LogP contribution is -2.53. The van der Waals surface area contributed by atoms with Crippen molar-refractivity contribution in [2.45, 2.75) is 57.9 Å². The highest BCUT2D eigenvalue weighted by Crippen LogP contribution is 2.38. The van der Waals surface area contributed by atoms with E-state index >= 15 is 0 Å². The Morgan fingerprint density at radius 1 is 1.25 bits per heavy atom. The van der Waals surface area contributed by atoms with Gasteiger partial charge in [-0.3, -0.25) is 11.3 Å². The molecular formula is C17H27FN2. The number of nitrogens with two attached hydrogens (primary N) is 1. The SMILES string of the molecule is CC1CCCC(C(NN)C(C)(C)c2ccc(F)cc2)C1. The lowest BCUT2D eigenvalue weighted by Gasteiger charge is -2.42. The van der Waals surface area contributed by atoms with Gasteiger partial charge in [-0.25, -0.2) is 4.39 Å². The number of rotatable bonds is 4. The Hall–Kier alpha value is -0.930. The van der Waals surface area contributed by atoms with Crippen molar-refractivity contribution in [3.8, 4) is 0 Å². The summed E-state index contributed by atoms with van der Waals surface area (Å²) in [7, 11) is 0.